The Bertz CT molecular complexity index is 1230. The van der Waals surface area contributed by atoms with Crippen LogP contribution in [0.3, 0.4) is 0 Å². The van der Waals surface area contributed by atoms with Crippen LogP contribution in [0.15, 0.2) is 64.6 Å². The van der Waals surface area contributed by atoms with Gasteiger partial charge in [0.2, 0.25) is 0 Å². The van der Waals surface area contributed by atoms with E-state index in [-0.39, 0.29) is 5.57 Å². The molecule has 0 spiro atoms. The van der Waals surface area contributed by atoms with E-state index >= 15 is 0 Å². The molecule has 0 aromatic heterocycles. The number of methoxy groups -OCH3 is 1. The lowest BCUT2D eigenvalue weighted by Crippen LogP contribution is -2.13. The van der Waals surface area contributed by atoms with E-state index in [0.717, 1.165) is 16.7 Å². The van der Waals surface area contributed by atoms with Gasteiger partial charge in [-0.05, 0) is 83.4 Å². The number of ether oxygens (including phenoxy) is 2. The highest BCUT2D eigenvalue weighted by molar-refractivity contribution is 9.10. The highest BCUT2D eigenvalue weighted by Gasteiger charge is 2.14. The third kappa shape index (κ3) is 6.43. The van der Waals surface area contributed by atoms with Crippen molar-refractivity contribution in [2.45, 2.75) is 20.5 Å². The van der Waals surface area contributed by atoms with E-state index in [1.54, 1.807) is 12.1 Å². The maximum atomic E-state index is 13.1. The van der Waals surface area contributed by atoms with Gasteiger partial charge in [-0.3, -0.25) is 4.79 Å². The monoisotopic (exact) mass is 508 g/mol. The summed E-state index contributed by atoms with van der Waals surface area (Å²) in [4.78, 5) is 12.5. The van der Waals surface area contributed by atoms with Gasteiger partial charge in [-0.1, -0.05) is 29.3 Å². The normalized spacial score (nSPS) is 11.0. The summed E-state index contributed by atoms with van der Waals surface area (Å²) < 4.78 is 25.2. The number of nitriles is 1. The molecular weight excluding hydrogens is 487 g/mol. The number of nitrogens with one attached hydrogen (secondary N) is 1. The smallest absolute Gasteiger partial charge is 0.266 e. The van der Waals surface area contributed by atoms with Crippen molar-refractivity contribution in [3.05, 3.63) is 92.7 Å². The van der Waals surface area contributed by atoms with Crippen molar-refractivity contribution in [2.24, 2.45) is 0 Å². The van der Waals surface area contributed by atoms with Gasteiger partial charge in [-0.2, -0.15) is 5.26 Å². The van der Waals surface area contributed by atoms with Crippen molar-refractivity contribution in [1.29, 1.82) is 5.26 Å². The summed E-state index contributed by atoms with van der Waals surface area (Å²) in [6.07, 6.45) is 1.44. The summed E-state index contributed by atoms with van der Waals surface area (Å²) in [5.74, 6) is -0.0468. The van der Waals surface area contributed by atoms with E-state index in [0.29, 0.717) is 33.8 Å². The molecule has 7 heteroatoms. The topological polar surface area (TPSA) is 71.3 Å². The number of carbonyl (C=O) groups excluding carboxylic acids is 1. The average molecular weight is 509 g/mol. The van der Waals surface area contributed by atoms with Crippen molar-refractivity contribution < 1.29 is 18.7 Å². The molecule has 0 bridgehead atoms. The minimum absolute atomic E-state index is 0.114. The Kier molecular flexibility index (Phi) is 7.86. The molecule has 0 atom stereocenters. The van der Waals surface area contributed by atoms with Gasteiger partial charge in [-0.25, -0.2) is 4.39 Å². The number of carbonyl (C=O) groups is 1. The molecule has 0 aliphatic rings. The van der Waals surface area contributed by atoms with Crippen molar-refractivity contribution in [1.82, 2.24) is 0 Å². The molecule has 0 aliphatic carbocycles. The second-order valence-corrected chi connectivity index (χ2v) is 8.30. The zero-order valence-corrected chi connectivity index (χ0v) is 20.0. The molecule has 3 aromatic rings. The summed E-state index contributed by atoms with van der Waals surface area (Å²) in [7, 11) is 1.52. The molecule has 3 rings (SSSR count). The first kappa shape index (κ1) is 24.0. The van der Waals surface area contributed by atoms with Gasteiger partial charge in [0.1, 0.15) is 24.1 Å². The molecule has 1 amide bonds. The molecule has 0 saturated heterocycles. The number of amides is 1. The standard InChI is InChI=1S/C26H22BrFN2O3/c1-16-8-17(2)10-19(9-16)15-33-25-23(27)12-18(13-24(25)32-3)11-20(14-29)26(31)30-22-6-4-21(28)5-7-22/h4-13H,15H2,1-3H3,(H,30,31)/b20-11+. The predicted molar refractivity (Wildman–Crippen MR) is 130 cm³/mol. The van der Waals surface area contributed by atoms with Crippen LogP contribution in [0, 0.1) is 31.0 Å². The van der Waals surface area contributed by atoms with Crippen molar-refractivity contribution in [3.8, 4) is 17.6 Å². The largest absolute Gasteiger partial charge is 0.493 e. The number of hydrogen-bond donors (Lipinski definition) is 1. The fourth-order valence-corrected chi connectivity index (χ4v) is 3.89. The zero-order chi connectivity index (χ0) is 24.0. The number of hydrogen-bond acceptors (Lipinski definition) is 4. The lowest BCUT2D eigenvalue weighted by molar-refractivity contribution is -0.112. The third-order valence-electron chi connectivity index (χ3n) is 4.69. The molecule has 168 valence electrons. The highest BCUT2D eigenvalue weighted by Crippen LogP contribution is 2.38. The van der Waals surface area contributed by atoms with Crippen LogP contribution in [-0.2, 0) is 11.4 Å². The number of nitrogens with zero attached hydrogens (tertiary/aromatic N) is 1. The van der Waals surface area contributed by atoms with Crippen molar-refractivity contribution in [3.63, 3.8) is 0 Å². The van der Waals surface area contributed by atoms with Crippen LogP contribution in [-0.4, -0.2) is 13.0 Å². The molecule has 0 radical (unpaired) electrons. The lowest BCUT2D eigenvalue weighted by Gasteiger charge is -2.14. The first-order chi connectivity index (χ1) is 15.8. The summed E-state index contributed by atoms with van der Waals surface area (Å²) >= 11 is 3.50. The third-order valence-corrected chi connectivity index (χ3v) is 5.28. The van der Waals surface area contributed by atoms with Gasteiger partial charge in [-0.15, -0.1) is 0 Å². The molecule has 3 aromatic carbocycles. The summed E-state index contributed by atoms with van der Waals surface area (Å²) in [6, 6.07) is 16.8. The summed E-state index contributed by atoms with van der Waals surface area (Å²) in [6.45, 7) is 4.43. The Labute approximate surface area is 200 Å². The summed E-state index contributed by atoms with van der Waals surface area (Å²) in [5, 5.41) is 12.1. The minimum atomic E-state index is -0.602. The Morgan fingerprint density at radius 3 is 2.39 bits per heavy atom. The quantitative estimate of drug-likeness (QED) is 0.298. The number of benzene rings is 3. The molecule has 33 heavy (non-hydrogen) atoms. The Balaban J connectivity index is 1.82. The summed E-state index contributed by atoms with van der Waals surface area (Å²) in [5.41, 5.74) is 4.19. The van der Waals surface area contributed by atoms with Crippen LogP contribution < -0.4 is 14.8 Å². The van der Waals surface area contributed by atoms with Gasteiger partial charge in [0.25, 0.3) is 5.91 Å². The molecule has 0 heterocycles. The second-order valence-electron chi connectivity index (χ2n) is 7.45. The fourth-order valence-electron chi connectivity index (χ4n) is 3.32. The van der Waals surface area contributed by atoms with Crippen LogP contribution >= 0.6 is 15.9 Å². The van der Waals surface area contributed by atoms with E-state index in [4.69, 9.17) is 9.47 Å². The maximum absolute atomic E-state index is 13.1. The fraction of sp³-hybridized carbons (Fsp3) is 0.154. The van der Waals surface area contributed by atoms with Crippen LogP contribution in [0.4, 0.5) is 10.1 Å². The van der Waals surface area contributed by atoms with Crippen molar-refractivity contribution in [2.75, 3.05) is 12.4 Å². The van der Waals surface area contributed by atoms with Gasteiger partial charge in [0.15, 0.2) is 11.5 Å². The van der Waals surface area contributed by atoms with Gasteiger partial charge < -0.3 is 14.8 Å². The van der Waals surface area contributed by atoms with Gasteiger partial charge in [0, 0.05) is 5.69 Å². The van der Waals surface area contributed by atoms with E-state index < -0.39 is 11.7 Å². The average Bonchev–Trinajstić information content (AvgIpc) is 2.77. The van der Waals surface area contributed by atoms with E-state index in [2.05, 4.69) is 39.4 Å². The SMILES string of the molecule is COc1cc(/C=C(\C#N)C(=O)Nc2ccc(F)cc2)cc(Br)c1OCc1cc(C)cc(C)c1. The molecule has 0 unspecified atom stereocenters. The van der Waals surface area contributed by atoms with Crippen LogP contribution in [0.1, 0.15) is 22.3 Å². The first-order valence-electron chi connectivity index (χ1n) is 10.0. The number of rotatable bonds is 7. The molecule has 1 N–H and O–H groups in total. The number of anilines is 1. The minimum Gasteiger partial charge on any atom is -0.493 e. The van der Waals surface area contributed by atoms with Crippen LogP contribution in [0.5, 0.6) is 11.5 Å². The lowest BCUT2D eigenvalue weighted by atomic mass is 10.1. The molecule has 5 nitrogen and oxygen atoms in total. The molecule has 0 fully saturated rings. The Morgan fingerprint density at radius 2 is 1.79 bits per heavy atom. The van der Waals surface area contributed by atoms with Gasteiger partial charge >= 0.3 is 0 Å². The van der Waals surface area contributed by atoms with Crippen LogP contribution in [0.25, 0.3) is 6.08 Å². The molecule has 0 saturated carbocycles. The maximum Gasteiger partial charge on any atom is 0.266 e. The first-order valence-corrected chi connectivity index (χ1v) is 10.8. The Hall–Kier alpha value is -3.63. The van der Waals surface area contributed by atoms with E-state index in [9.17, 15) is 14.4 Å². The second kappa shape index (κ2) is 10.8. The predicted octanol–water partition coefficient (Wildman–Crippen LogP) is 6.34. The molecule has 0 aliphatic heterocycles. The highest BCUT2D eigenvalue weighted by atomic mass is 79.9. The molecular formula is C26H22BrFN2O3. The Morgan fingerprint density at radius 1 is 1.12 bits per heavy atom. The number of halogens is 2. The van der Waals surface area contributed by atoms with E-state index in [1.165, 1.54) is 37.5 Å². The number of aryl methyl sites for hydroxylation is 2. The van der Waals surface area contributed by atoms with Gasteiger partial charge in [0.05, 0.1) is 11.6 Å². The van der Waals surface area contributed by atoms with Crippen molar-refractivity contribution >= 4 is 33.6 Å². The zero-order valence-electron chi connectivity index (χ0n) is 18.4. The van der Waals surface area contributed by atoms with Crippen LogP contribution in [0.2, 0.25) is 0 Å². The van der Waals surface area contributed by atoms with E-state index in [1.807, 2.05) is 19.9 Å².